The number of alkyl halides is 5. The summed E-state index contributed by atoms with van der Waals surface area (Å²) in [5.41, 5.74) is 0. The minimum Gasteiger partial charge on any atom is -0.127 e. The zero-order chi connectivity index (χ0) is 9.99. The lowest BCUT2D eigenvalue weighted by Gasteiger charge is -2.13. The van der Waals surface area contributed by atoms with Gasteiger partial charge in [-0.15, -0.1) is 23.2 Å². The van der Waals surface area contributed by atoms with E-state index in [-0.39, 0.29) is 12.8 Å². The van der Waals surface area contributed by atoms with Gasteiger partial charge < -0.3 is 0 Å². The highest BCUT2D eigenvalue weighted by molar-refractivity contribution is 6.67. The molecule has 10 heavy (non-hydrogen) atoms. The average Bonchev–Trinajstić information content (AvgIpc) is 1.48. The first-order valence-electron chi connectivity index (χ1n) is 3.52. The molecule has 5 heteroatoms. The fraction of sp³-hybridized carbons (Fsp3) is 1.00. The summed E-state index contributed by atoms with van der Waals surface area (Å²) in [4.78, 5) is 0. The van der Waals surface area contributed by atoms with Crippen LogP contribution in [0.1, 0.15) is 15.6 Å². The van der Waals surface area contributed by atoms with Gasteiger partial charge in [0.15, 0.2) is 3.79 Å². The molecule has 2 atom stereocenters. The van der Waals surface area contributed by atoms with Crippen LogP contribution < -0.4 is 0 Å². The van der Waals surface area contributed by atoms with Crippen LogP contribution in [0.25, 0.3) is 0 Å². The maximum absolute atomic E-state index is 7.42. The molecule has 0 saturated carbocycles. The summed E-state index contributed by atoms with van der Waals surface area (Å²) in [6, 6.07) is 0. The zero-order valence-electron chi connectivity index (χ0n) is 6.88. The second-order valence-corrected chi connectivity index (χ2v) is 5.03. The number of rotatable bonds is 3. The molecule has 0 rings (SSSR count). The zero-order valence-corrected chi connectivity index (χ0v) is 8.66. The largest absolute Gasteiger partial charge is 0.192 e. The topological polar surface area (TPSA) is 0 Å². The Hall–Kier alpha value is 1.45. The van der Waals surface area contributed by atoms with E-state index in [1.807, 2.05) is 0 Å². The summed E-state index contributed by atoms with van der Waals surface area (Å²) < 4.78 is 12.8. The third kappa shape index (κ3) is 7.56. The SMILES string of the molecule is [2H]C(Cl)CC([2H])(Cl)CC(Cl)(Cl)Cl. The van der Waals surface area contributed by atoms with Crippen LogP contribution in [0.3, 0.4) is 0 Å². The Morgan fingerprint density at radius 2 is 2.00 bits per heavy atom. The first-order valence-corrected chi connectivity index (χ1v) is 4.39. The van der Waals surface area contributed by atoms with E-state index < -0.39 is 15.0 Å². The molecule has 0 radical (unpaired) electrons. The maximum Gasteiger partial charge on any atom is 0.192 e. The molecule has 0 N–H and O–H groups in total. The minimum absolute atomic E-state index is 0.0516. The Morgan fingerprint density at radius 3 is 2.30 bits per heavy atom. The van der Waals surface area contributed by atoms with E-state index in [0.717, 1.165) is 0 Å². The smallest absolute Gasteiger partial charge is 0.127 e. The van der Waals surface area contributed by atoms with Crippen molar-refractivity contribution in [3.63, 3.8) is 0 Å². The van der Waals surface area contributed by atoms with Crippen LogP contribution in [0, 0.1) is 0 Å². The molecule has 0 fully saturated rings. The molecule has 0 aliphatic heterocycles. The highest BCUT2D eigenvalue weighted by Crippen LogP contribution is 2.33. The van der Waals surface area contributed by atoms with Crippen molar-refractivity contribution in [1.29, 1.82) is 0 Å². The lowest BCUT2D eigenvalue weighted by molar-refractivity contribution is 0.747. The molecule has 0 nitrogen and oxygen atoms in total. The van der Waals surface area contributed by atoms with Gasteiger partial charge in [-0.25, -0.2) is 0 Å². The second kappa shape index (κ2) is 5.16. The molecule has 0 aliphatic carbocycles. The summed E-state index contributed by atoms with van der Waals surface area (Å²) in [5.74, 6) is -0.952. The minimum atomic E-state index is -1.57. The average molecular weight is 246 g/mol. The van der Waals surface area contributed by atoms with Crippen LogP contribution in [0.4, 0.5) is 0 Å². The summed E-state index contributed by atoms with van der Waals surface area (Å²) >= 11 is 27.2. The monoisotopic (exact) mass is 244 g/mol. The van der Waals surface area contributed by atoms with E-state index in [1.165, 1.54) is 0 Å². The van der Waals surface area contributed by atoms with Gasteiger partial charge in [0.1, 0.15) is 0 Å². The van der Waals surface area contributed by atoms with E-state index in [9.17, 15) is 0 Å². The number of hydrogen-bond acceptors (Lipinski definition) is 0. The van der Waals surface area contributed by atoms with Crippen molar-refractivity contribution >= 4 is 58.0 Å². The maximum atomic E-state index is 7.42. The second-order valence-electron chi connectivity index (χ2n) is 1.67. The summed E-state index contributed by atoms with van der Waals surface area (Å²) in [6.45, 7) is 0. The Bertz CT molecular complexity index is 141. The van der Waals surface area contributed by atoms with Crippen molar-refractivity contribution in [2.75, 3.05) is 5.86 Å². The van der Waals surface area contributed by atoms with Crippen molar-refractivity contribution in [2.45, 2.75) is 22.0 Å². The van der Waals surface area contributed by atoms with Crippen LogP contribution >= 0.6 is 58.0 Å². The van der Waals surface area contributed by atoms with Crippen molar-refractivity contribution in [3.8, 4) is 0 Å². The van der Waals surface area contributed by atoms with Gasteiger partial charge in [0, 0.05) is 20.4 Å². The Labute approximate surface area is 88.5 Å². The molecule has 0 aliphatic rings. The first kappa shape index (κ1) is 8.07. The molecule has 0 spiro atoms. The first-order chi connectivity index (χ1) is 5.12. The molecule has 62 valence electrons. The summed E-state index contributed by atoms with van der Waals surface area (Å²) in [6.07, 6.45) is -0.210. The van der Waals surface area contributed by atoms with E-state index in [1.54, 1.807) is 0 Å². The van der Waals surface area contributed by atoms with E-state index in [2.05, 4.69) is 0 Å². The normalized spacial score (nSPS) is 24.5. The Kier molecular flexibility index (Phi) is 4.16. The van der Waals surface area contributed by atoms with E-state index in [4.69, 9.17) is 60.7 Å². The fourth-order valence-corrected chi connectivity index (χ4v) is 1.61. The van der Waals surface area contributed by atoms with Crippen LogP contribution in [-0.2, 0) is 0 Å². The van der Waals surface area contributed by atoms with Crippen LogP contribution in [-0.4, -0.2) is 15.0 Å². The van der Waals surface area contributed by atoms with Gasteiger partial charge in [-0.1, -0.05) is 34.8 Å². The third-order valence-corrected chi connectivity index (χ3v) is 1.53. The molecule has 2 unspecified atom stereocenters. The van der Waals surface area contributed by atoms with Gasteiger partial charge in [0.2, 0.25) is 0 Å². The molecule has 0 amide bonds. The van der Waals surface area contributed by atoms with Gasteiger partial charge in [-0.3, -0.25) is 0 Å². The summed E-state index contributed by atoms with van der Waals surface area (Å²) in [7, 11) is 0. The van der Waals surface area contributed by atoms with Crippen molar-refractivity contribution < 1.29 is 2.74 Å². The van der Waals surface area contributed by atoms with Crippen LogP contribution in [0.5, 0.6) is 0 Å². The lowest BCUT2D eigenvalue weighted by atomic mass is 10.3. The van der Waals surface area contributed by atoms with Gasteiger partial charge in [-0.2, -0.15) is 0 Å². The predicted octanol–water partition coefficient (Wildman–Crippen LogP) is 3.98. The van der Waals surface area contributed by atoms with Gasteiger partial charge in [-0.05, 0) is 6.42 Å². The molecule has 0 heterocycles. The fourth-order valence-electron chi connectivity index (χ4n) is 0.373. The molecule has 0 saturated heterocycles. The lowest BCUT2D eigenvalue weighted by Crippen LogP contribution is -2.11. The third-order valence-electron chi connectivity index (χ3n) is 0.691. The van der Waals surface area contributed by atoms with Gasteiger partial charge in [0.05, 0.1) is 0 Å². The van der Waals surface area contributed by atoms with Gasteiger partial charge >= 0.3 is 0 Å². The molecule has 0 aromatic carbocycles. The van der Waals surface area contributed by atoms with Crippen LogP contribution in [0.2, 0.25) is 0 Å². The summed E-state index contributed by atoms with van der Waals surface area (Å²) in [5, 5.41) is -1.49. The Morgan fingerprint density at radius 1 is 1.50 bits per heavy atom. The van der Waals surface area contributed by atoms with E-state index >= 15 is 0 Å². The Balaban J connectivity index is 4.04. The molecule has 0 bridgehead atoms. The molecule has 0 aromatic rings. The van der Waals surface area contributed by atoms with Crippen molar-refractivity contribution in [1.82, 2.24) is 0 Å². The number of halogens is 5. The highest BCUT2D eigenvalue weighted by atomic mass is 35.6. The van der Waals surface area contributed by atoms with Crippen molar-refractivity contribution in [2.24, 2.45) is 0 Å². The molecular weight excluding hydrogens is 237 g/mol. The molecule has 0 aromatic heterocycles. The highest BCUT2D eigenvalue weighted by Gasteiger charge is 2.23. The quantitative estimate of drug-likeness (QED) is 0.661. The van der Waals surface area contributed by atoms with Crippen molar-refractivity contribution in [3.05, 3.63) is 0 Å². The number of hydrogen-bond donors (Lipinski definition) is 0. The van der Waals surface area contributed by atoms with Gasteiger partial charge in [0.25, 0.3) is 0 Å². The predicted molar refractivity (Wildman–Crippen MR) is 49.9 cm³/mol. The standard InChI is InChI=1S/C5H7Cl5/c6-2-1-4(7)3-5(8,9)10/h4H,1-3H2/i2D,4D. The van der Waals surface area contributed by atoms with Crippen LogP contribution in [0.15, 0.2) is 0 Å². The van der Waals surface area contributed by atoms with E-state index in [0.29, 0.717) is 0 Å². The molecular formula is C5H7Cl5.